The summed E-state index contributed by atoms with van der Waals surface area (Å²) in [5.41, 5.74) is 4.93. The van der Waals surface area contributed by atoms with E-state index in [9.17, 15) is 4.79 Å². The maximum absolute atomic E-state index is 12.2. The number of amides is 1. The number of hydrogen-bond acceptors (Lipinski definition) is 5. The SMILES string of the molecule is COc1ccc(-c2cc(C(=O)N/N=C/c3ccc(Cl)cc3)[nH]n2)cc1OC. The van der Waals surface area contributed by atoms with Gasteiger partial charge in [0.25, 0.3) is 5.91 Å². The summed E-state index contributed by atoms with van der Waals surface area (Å²) in [7, 11) is 3.13. The quantitative estimate of drug-likeness (QED) is 0.502. The number of carbonyl (C=O) groups excluding carboxylic acids is 1. The number of ether oxygens (including phenoxy) is 2. The van der Waals surface area contributed by atoms with E-state index in [2.05, 4.69) is 20.7 Å². The van der Waals surface area contributed by atoms with Gasteiger partial charge in [-0.1, -0.05) is 23.7 Å². The number of rotatable bonds is 6. The molecule has 0 atom stereocenters. The minimum Gasteiger partial charge on any atom is -0.493 e. The number of halogens is 1. The van der Waals surface area contributed by atoms with Gasteiger partial charge in [-0.15, -0.1) is 0 Å². The van der Waals surface area contributed by atoms with E-state index in [0.717, 1.165) is 11.1 Å². The molecule has 1 amide bonds. The Hall–Kier alpha value is -3.32. The molecule has 0 aliphatic heterocycles. The first-order valence-electron chi connectivity index (χ1n) is 7.97. The van der Waals surface area contributed by atoms with Crippen molar-refractivity contribution < 1.29 is 14.3 Å². The smallest absolute Gasteiger partial charge is 0.289 e. The van der Waals surface area contributed by atoms with Crippen molar-refractivity contribution in [3.8, 4) is 22.8 Å². The molecule has 0 radical (unpaired) electrons. The number of hydrazone groups is 1. The summed E-state index contributed by atoms with van der Waals surface area (Å²) in [5, 5.41) is 11.4. The third-order valence-corrected chi connectivity index (χ3v) is 4.00. The van der Waals surface area contributed by atoms with Gasteiger partial charge in [0.1, 0.15) is 5.69 Å². The predicted octanol–water partition coefficient (Wildman–Crippen LogP) is 3.51. The molecule has 27 heavy (non-hydrogen) atoms. The highest BCUT2D eigenvalue weighted by Gasteiger charge is 2.12. The van der Waals surface area contributed by atoms with Gasteiger partial charge in [0, 0.05) is 10.6 Å². The summed E-state index contributed by atoms with van der Waals surface area (Å²) < 4.78 is 10.5. The summed E-state index contributed by atoms with van der Waals surface area (Å²) in [6.45, 7) is 0. The van der Waals surface area contributed by atoms with Crippen molar-refractivity contribution in [3.63, 3.8) is 0 Å². The summed E-state index contributed by atoms with van der Waals surface area (Å²) in [4.78, 5) is 12.2. The number of methoxy groups -OCH3 is 2. The van der Waals surface area contributed by atoms with Crippen LogP contribution in [-0.2, 0) is 0 Å². The average molecular weight is 385 g/mol. The van der Waals surface area contributed by atoms with Crippen molar-refractivity contribution in [2.24, 2.45) is 5.10 Å². The molecule has 0 spiro atoms. The van der Waals surface area contributed by atoms with E-state index in [0.29, 0.717) is 22.2 Å². The maximum Gasteiger partial charge on any atom is 0.289 e. The molecule has 3 aromatic rings. The second kappa shape index (κ2) is 8.37. The lowest BCUT2D eigenvalue weighted by molar-refractivity contribution is 0.0950. The molecule has 0 fully saturated rings. The van der Waals surface area contributed by atoms with Gasteiger partial charge in [-0.3, -0.25) is 9.89 Å². The van der Waals surface area contributed by atoms with Crippen LogP contribution in [0.15, 0.2) is 53.6 Å². The fourth-order valence-corrected chi connectivity index (χ4v) is 2.48. The van der Waals surface area contributed by atoms with Gasteiger partial charge in [0.15, 0.2) is 11.5 Å². The van der Waals surface area contributed by atoms with E-state index in [1.54, 1.807) is 56.7 Å². The summed E-state index contributed by atoms with van der Waals surface area (Å²) >= 11 is 5.82. The lowest BCUT2D eigenvalue weighted by Crippen LogP contribution is -2.17. The second-order valence-corrected chi connectivity index (χ2v) is 5.92. The third-order valence-electron chi connectivity index (χ3n) is 3.75. The lowest BCUT2D eigenvalue weighted by atomic mass is 10.1. The zero-order valence-electron chi connectivity index (χ0n) is 14.7. The summed E-state index contributed by atoms with van der Waals surface area (Å²) in [6, 6.07) is 14.1. The highest BCUT2D eigenvalue weighted by Crippen LogP contribution is 2.31. The lowest BCUT2D eigenvalue weighted by Gasteiger charge is -2.08. The Morgan fingerprint density at radius 2 is 1.85 bits per heavy atom. The largest absolute Gasteiger partial charge is 0.493 e. The topological polar surface area (TPSA) is 88.6 Å². The van der Waals surface area contributed by atoms with Crippen LogP contribution in [0.1, 0.15) is 16.1 Å². The van der Waals surface area contributed by atoms with Gasteiger partial charge in [-0.05, 0) is 42.0 Å². The zero-order valence-corrected chi connectivity index (χ0v) is 15.4. The van der Waals surface area contributed by atoms with Gasteiger partial charge in [0.05, 0.1) is 26.1 Å². The van der Waals surface area contributed by atoms with Crippen LogP contribution in [0.5, 0.6) is 11.5 Å². The molecule has 0 aliphatic rings. The predicted molar refractivity (Wildman–Crippen MR) is 104 cm³/mol. The molecule has 0 saturated carbocycles. The fourth-order valence-electron chi connectivity index (χ4n) is 2.36. The third kappa shape index (κ3) is 4.45. The zero-order chi connectivity index (χ0) is 19.2. The minimum atomic E-state index is -0.403. The standard InChI is InChI=1S/C19H17ClN4O3/c1-26-17-8-5-13(9-18(17)27-2)15-10-16(23-22-15)19(25)24-21-11-12-3-6-14(20)7-4-12/h3-11H,1-2H3,(H,22,23)(H,24,25)/b21-11+. The van der Waals surface area contributed by atoms with Crippen LogP contribution in [0.2, 0.25) is 5.02 Å². The Morgan fingerprint density at radius 1 is 1.11 bits per heavy atom. The van der Waals surface area contributed by atoms with Crippen LogP contribution < -0.4 is 14.9 Å². The molecule has 1 aromatic heterocycles. The van der Waals surface area contributed by atoms with Gasteiger partial charge in [-0.25, -0.2) is 5.43 Å². The molecule has 0 saturated heterocycles. The average Bonchev–Trinajstić information content (AvgIpc) is 3.19. The van der Waals surface area contributed by atoms with Crippen LogP contribution >= 0.6 is 11.6 Å². The van der Waals surface area contributed by atoms with E-state index in [1.165, 1.54) is 6.21 Å². The van der Waals surface area contributed by atoms with Crippen LogP contribution in [-0.4, -0.2) is 36.5 Å². The van der Waals surface area contributed by atoms with Crippen molar-refractivity contribution in [1.29, 1.82) is 0 Å². The maximum atomic E-state index is 12.2. The van der Waals surface area contributed by atoms with Crippen molar-refractivity contribution in [2.45, 2.75) is 0 Å². The summed E-state index contributed by atoms with van der Waals surface area (Å²) in [6.07, 6.45) is 1.53. The van der Waals surface area contributed by atoms with Gasteiger partial charge in [-0.2, -0.15) is 10.2 Å². The Morgan fingerprint density at radius 3 is 2.56 bits per heavy atom. The molecular weight excluding hydrogens is 368 g/mol. The highest BCUT2D eigenvalue weighted by atomic mass is 35.5. The van der Waals surface area contributed by atoms with E-state index in [4.69, 9.17) is 21.1 Å². The molecule has 2 aromatic carbocycles. The number of nitrogens with one attached hydrogen (secondary N) is 2. The minimum absolute atomic E-state index is 0.285. The van der Waals surface area contributed by atoms with Gasteiger partial charge >= 0.3 is 0 Å². The molecule has 7 nitrogen and oxygen atoms in total. The Labute approximate surface area is 161 Å². The monoisotopic (exact) mass is 384 g/mol. The molecular formula is C19H17ClN4O3. The molecule has 0 bridgehead atoms. The van der Waals surface area contributed by atoms with Crippen LogP contribution in [0.4, 0.5) is 0 Å². The van der Waals surface area contributed by atoms with E-state index in [1.807, 2.05) is 6.07 Å². The van der Waals surface area contributed by atoms with E-state index in [-0.39, 0.29) is 5.69 Å². The van der Waals surface area contributed by atoms with Crippen molar-refractivity contribution >= 4 is 23.7 Å². The van der Waals surface area contributed by atoms with Crippen LogP contribution in [0.3, 0.4) is 0 Å². The highest BCUT2D eigenvalue weighted by molar-refractivity contribution is 6.30. The normalized spacial score (nSPS) is 10.8. The van der Waals surface area contributed by atoms with Crippen molar-refractivity contribution in [3.05, 3.63) is 64.8 Å². The van der Waals surface area contributed by atoms with E-state index < -0.39 is 5.91 Å². The molecule has 138 valence electrons. The number of nitrogens with zero attached hydrogens (tertiary/aromatic N) is 2. The van der Waals surface area contributed by atoms with Crippen molar-refractivity contribution in [1.82, 2.24) is 15.6 Å². The molecule has 0 aliphatic carbocycles. The molecule has 1 heterocycles. The number of aromatic nitrogens is 2. The number of aromatic amines is 1. The van der Waals surface area contributed by atoms with Gasteiger partial charge < -0.3 is 9.47 Å². The first kappa shape index (κ1) is 18.5. The molecule has 0 unspecified atom stereocenters. The second-order valence-electron chi connectivity index (χ2n) is 5.49. The van der Waals surface area contributed by atoms with E-state index >= 15 is 0 Å². The fraction of sp³-hybridized carbons (Fsp3) is 0.105. The number of benzene rings is 2. The number of carbonyl (C=O) groups is 1. The van der Waals surface area contributed by atoms with Crippen LogP contribution in [0.25, 0.3) is 11.3 Å². The van der Waals surface area contributed by atoms with Crippen LogP contribution in [0, 0.1) is 0 Å². The Balaban J connectivity index is 1.69. The molecule has 8 heteroatoms. The van der Waals surface area contributed by atoms with Crippen molar-refractivity contribution in [2.75, 3.05) is 14.2 Å². The number of hydrogen-bond donors (Lipinski definition) is 2. The first-order chi connectivity index (χ1) is 13.1. The Kier molecular flexibility index (Phi) is 5.73. The van der Waals surface area contributed by atoms with Gasteiger partial charge in [0.2, 0.25) is 0 Å². The first-order valence-corrected chi connectivity index (χ1v) is 8.35. The number of H-pyrrole nitrogens is 1. The summed E-state index contributed by atoms with van der Waals surface area (Å²) in [5.74, 6) is 0.794. The molecule has 3 rings (SSSR count). The molecule has 2 N–H and O–H groups in total. The Bertz CT molecular complexity index is 967.